The number of benzene rings is 1. The quantitative estimate of drug-likeness (QED) is 0.243. The van der Waals surface area contributed by atoms with Crippen molar-refractivity contribution in [1.82, 2.24) is 9.80 Å². The number of likely N-dealkylation sites (tertiary alicyclic amines) is 1. The lowest BCUT2D eigenvalue weighted by Gasteiger charge is -2.45. The Morgan fingerprint density at radius 1 is 1.14 bits per heavy atom. The van der Waals surface area contributed by atoms with E-state index in [2.05, 4.69) is 49.9 Å². The summed E-state index contributed by atoms with van der Waals surface area (Å²) in [5.74, 6) is -1.88. The Labute approximate surface area is 270 Å². The molecule has 3 aliphatic rings. The Hall–Kier alpha value is -2.69. The van der Waals surface area contributed by atoms with Gasteiger partial charge in [0.05, 0.1) is 31.2 Å². The molecule has 2 bridgehead atoms. The second kappa shape index (κ2) is 13.0. The summed E-state index contributed by atoms with van der Waals surface area (Å²) >= 11 is 3.76. The third-order valence-electron chi connectivity index (χ3n) is 8.96. The molecule has 242 valence electrons. The van der Waals surface area contributed by atoms with Crippen molar-refractivity contribution in [2.75, 3.05) is 37.7 Å². The normalized spacial score (nSPS) is 27.7. The molecule has 1 spiro atoms. The van der Waals surface area contributed by atoms with Crippen LogP contribution >= 0.6 is 15.9 Å². The fraction of sp³-hybridized carbons (Fsp3) is 0.618. The van der Waals surface area contributed by atoms with Crippen molar-refractivity contribution >= 4 is 39.3 Å². The Bertz CT molecular complexity index is 1260. The van der Waals surface area contributed by atoms with Crippen LogP contribution in [0.3, 0.4) is 0 Å². The van der Waals surface area contributed by atoms with Gasteiger partial charge in [-0.2, -0.15) is 0 Å². The van der Waals surface area contributed by atoms with E-state index in [0.29, 0.717) is 30.9 Å². The molecular formula is C34H48BrN3O6. The molecule has 1 aromatic carbocycles. The monoisotopic (exact) mass is 673 g/mol. The molecule has 3 fully saturated rings. The first-order chi connectivity index (χ1) is 20.7. The van der Waals surface area contributed by atoms with E-state index >= 15 is 0 Å². The number of aliphatic hydroxyl groups is 1. The molecule has 3 saturated heterocycles. The third kappa shape index (κ3) is 6.09. The highest BCUT2D eigenvalue weighted by atomic mass is 79.9. The van der Waals surface area contributed by atoms with Crippen LogP contribution in [-0.4, -0.2) is 93.6 Å². The van der Waals surface area contributed by atoms with Crippen LogP contribution in [-0.2, 0) is 19.1 Å². The van der Waals surface area contributed by atoms with Gasteiger partial charge < -0.3 is 29.3 Å². The number of halogens is 1. The second-order valence-electron chi connectivity index (χ2n) is 13.9. The number of hydrogen-bond donors (Lipinski definition) is 1. The zero-order valence-corrected chi connectivity index (χ0v) is 28.5. The largest absolute Gasteiger partial charge is 0.494 e. The minimum atomic E-state index is -1.22. The van der Waals surface area contributed by atoms with Crippen molar-refractivity contribution < 1.29 is 29.0 Å². The maximum atomic E-state index is 14.7. The summed E-state index contributed by atoms with van der Waals surface area (Å²) in [4.78, 5) is 48.1. The molecule has 10 heteroatoms. The fourth-order valence-corrected chi connectivity index (χ4v) is 8.81. The predicted molar refractivity (Wildman–Crippen MR) is 175 cm³/mol. The van der Waals surface area contributed by atoms with Crippen LogP contribution in [0, 0.1) is 17.3 Å². The van der Waals surface area contributed by atoms with Gasteiger partial charge in [0.15, 0.2) is 0 Å². The van der Waals surface area contributed by atoms with Gasteiger partial charge in [0.2, 0.25) is 17.7 Å². The number of hydrogen-bond acceptors (Lipinski definition) is 6. The fourth-order valence-electron chi connectivity index (χ4n) is 7.87. The summed E-state index contributed by atoms with van der Waals surface area (Å²) in [7, 11) is 0. The molecule has 44 heavy (non-hydrogen) atoms. The molecule has 4 rings (SSSR count). The predicted octanol–water partition coefficient (Wildman–Crippen LogP) is 4.57. The van der Waals surface area contributed by atoms with Crippen LogP contribution in [0.2, 0.25) is 0 Å². The number of fused-ring (bicyclic) bond motifs is 1. The van der Waals surface area contributed by atoms with Crippen molar-refractivity contribution in [3.8, 4) is 5.75 Å². The van der Waals surface area contributed by atoms with E-state index < -0.39 is 35.1 Å². The topological polar surface area (TPSA) is 99.6 Å². The van der Waals surface area contributed by atoms with Crippen molar-refractivity contribution in [3.05, 3.63) is 49.6 Å². The minimum Gasteiger partial charge on any atom is -0.494 e. The average molecular weight is 675 g/mol. The summed E-state index contributed by atoms with van der Waals surface area (Å²) in [5, 5.41) is 10.0. The lowest BCUT2D eigenvalue weighted by atomic mass is 9.70. The number of amides is 3. The Kier molecular flexibility index (Phi) is 10.1. The van der Waals surface area contributed by atoms with E-state index in [1.54, 1.807) is 34.1 Å². The summed E-state index contributed by atoms with van der Waals surface area (Å²) < 4.78 is 12.3. The molecule has 9 nitrogen and oxygen atoms in total. The van der Waals surface area contributed by atoms with E-state index in [4.69, 9.17) is 9.47 Å². The molecule has 0 aromatic heterocycles. The summed E-state index contributed by atoms with van der Waals surface area (Å²) in [5.41, 5.74) is -1.22. The molecule has 3 aliphatic heterocycles. The highest BCUT2D eigenvalue weighted by Gasteiger charge is 2.77. The molecule has 3 amide bonds. The summed E-state index contributed by atoms with van der Waals surface area (Å²) in [6, 6.07) is 6.24. The number of carbonyl (C=O) groups is 3. The van der Waals surface area contributed by atoms with Gasteiger partial charge >= 0.3 is 0 Å². The second-order valence-corrected chi connectivity index (χ2v) is 15.0. The molecule has 3 unspecified atom stereocenters. The SMILES string of the molecule is C=CCN(C(=O)[C@H]1[C@@H]2OC3(CC2Br)C(C(=O)N(CC=C)C(C)(C)CC(C)(C)C)N(CCO)C(=O)[C@H]13)c1ccc(OCC)cc1. The summed E-state index contributed by atoms with van der Waals surface area (Å²) in [6.45, 7) is 20.8. The number of β-amino-alcohol motifs (C(OH)–C–C–N with tert-alkyl or cyclic N) is 1. The molecule has 0 radical (unpaired) electrons. The number of alkyl halides is 1. The Balaban J connectivity index is 1.76. The van der Waals surface area contributed by atoms with Gasteiger partial charge in [0.1, 0.15) is 17.4 Å². The van der Waals surface area contributed by atoms with Crippen molar-refractivity contribution in [3.63, 3.8) is 0 Å². The van der Waals surface area contributed by atoms with Crippen LogP contribution < -0.4 is 9.64 Å². The molecule has 0 aliphatic carbocycles. The highest BCUT2D eigenvalue weighted by Crippen LogP contribution is 2.60. The van der Waals surface area contributed by atoms with E-state index in [9.17, 15) is 19.5 Å². The van der Waals surface area contributed by atoms with Crippen LogP contribution in [0.4, 0.5) is 5.69 Å². The van der Waals surface area contributed by atoms with E-state index in [0.717, 1.165) is 0 Å². The van der Waals surface area contributed by atoms with Gasteiger partial charge in [-0.1, -0.05) is 48.9 Å². The molecule has 1 aromatic rings. The first kappa shape index (κ1) is 34.2. The average Bonchev–Trinajstić information content (AvgIpc) is 3.52. The zero-order chi connectivity index (χ0) is 32.6. The van der Waals surface area contributed by atoms with Gasteiger partial charge in [-0.25, -0.2) is 0 Å². The van der Waals surface area contributed by atoms with Crippen LogP contribution in [0.15, 0.2) is 49.6 Å². The van der Waals surface area contributed by atoms with Gasteiger partial charge in [-0.05, 0) is 63.3 Å². The molecule has 1 N–H and O–H groups in total. The number of nitrogens with zero attached hydrogens (tertiary/aromatic N) is 3. The molecular weight excluding hydrogens is 626 g/mol. The number of aliphatic hydroxyl groups excluding tert-OH is 1. The van der Waals surface area contributed by atoms with Crippen molar-refractivity contribution in [1.29, 1.82) is 0 Å². The first-order valence-corrected chi connectivity index (χ1v) is 16.4. The maximum Gasteiger partial charge on any atom is 0.249 e. The molecule has 6 atom stereocenters. The number of carbonyl (C=O) groups excluding carboxylic acids is 3. The van der Waals surface area contributed by atoms with E-state index in [1.165, 1.54) is 4.90 Å². The van der Waals surface area contributed by atoms with Gasteiger partial charge in [-0.15, -0.1) is 13.2 Å². The van der Waals surface area contributed by atoms with Gasteiger partial charge in [0.25, 0.3) is 0 Å². The van der Waals surface area contributed by atoms with Crippen LogP contribution in [0.5, 0.6) is 5.75 Å². The number of ether oxygens (including phenoxy) is 2. The Morgan fingerprint density at radius 2 is 1.77 bits per heavy atom. The van der Waals surface area contributed by atoms with Crippen molar-refractivity contribution in [2.24, 2.45) is 17.3 Å². The summed E-state index contributed by atoms with van der Waals surface area (Å²) in [6.07, 6.45) is 3.84. The lowest BCUT2D eigenvalue weighted by molar-refractivity contribution is -0.153. The van der Waals surface area contributed by atoms with E-state index in [-0.39, 0.29) is 54.2 Å². The number of rotatable bonds is 13. The third-order valence-corrected chi connectivity index (χ3v) is 9.80. The minimum absolute atomic E-state index is 0.0354. The van der Waals surface area contributed by atoms with Gasteiger partial charge in [-0.3, -0.25) is 14.4 Å². The first-order valence-electron chi connectivity index (χ1n) is 15.5. The smallest absolute Gasteiger partial charge is 0.249 e. The lowest BCUT2D eigenvalue weighted by Crippen LogP contribution is -2.61. The maximum absolute atomic E-state index is 14.7. The zero-order valence-electron chi connectivity index (χ0n) is 26.9. The van der Waals surface area contributed by atoms with Crippen molar-refractivity contribution in [2.45, 2.75) is 82.5 Å². The Morgan fingerprint density at radius 3 is 2.32 bits per heavy atom. The van der Waals surface area contributed by atoms with Crippen LogP contribution in [0.25, 0.3) is 0 Å². The van der Waals surface area contributed by atoms with Crippen LogP contribution in [0.1, 0.15) is 54.4 Å². The molecule has 3 heterocycles. The van der Waals surface area contributed by atoms with E-state index in [1.807, 2.05) is 32.9 Å². The standard InChI is InChI=1S/C34H48BrN3O6/c1-9-16-36(22-12-14-23(15-13-22)43-11-3)29(40)25-26-30(41)37(18-19-39)28(34(26)20-24(35)27(25)44-34)31(42)38(17-10-2)33(7,8)21-32(4,5)6/h9-10,12-15,24-28,39H,1-2,11,16-21H2,3-8H3/t24?,25-,26+,27-,28?,34?/m1/s1. The molecule has 0 saturated carbocycles. The highest BCUT2D eigenvalue weighted by molar-refractivity contribution is 9.09. The number of anilines is 1. The van der Waals surface area contributed by atoms with Gasteiger partial charge in [0, 0.05) is 35.7 Å².